The van der Waals surface area contributed by atoms with E-state index in [-0.39, 0.29) is 18.4 Å². The molecule has 1 aromatic carbocycles. The lowest BCUT2D eigenvalue weighted by molar-refractivity contribution is -0.143. The highest BCUT2D eigenvalue weighted by Gasteiger charge is 2.14. The van der Waals surface area contributed by atoms with Gasteiger partial charge in [0.1, 0.15) is 6.54 Å². The fraction of sp³-hybridized carbons (Fsp3) is 0.438. The Hall–Kier alpha value is -1.95. The summed E-state index contributed by atoms with van der Waals surface area (Å²) >= 11 is 1.42. The third-order valence-corrected chi connectivity index (χ3v) is 4.25. The zero-order valence-corrected chi connectivity index (χ0v) is 14.1. The van der Waals surface area contributed by atoms with E-state index in [1.54, 1.807) is 18.4 Å². The lowest BCUT2D eigenvalue weighted by Gasteiger charge is -2.07. The van der Waals surface area contributed by atoms with Crippen LogP contribution in [0, 0.1) is 13.8 Å². The quantitative estimate of drug-likeness (QED) is 0.814. The first kappa shape index (κ1) is 16.4. The monoisotopic (exact) mass is 320 g/mol. The smallest absolute Gasteiger partial charge is 0.326 e. The molecule has 2 rings (SSSR count). The maximum atomic E-state index is 11.9. The number of aromatic nitrogens is 1. The Morgan fingerprint density at radius 1 is 1.27 bits per heavy atom. The molecule has 0 saturated carbocycles. The van der Waals surface area contributed by atoms with Gasteiger partial charge in [0.05, 0.1) is 16.8 Å². The number of rotatable bonds is 4. The predicted molar refractivity (Wildman–Crippen MR) is 86.8 cm³/mol. The van der Waals surface area contributed by atoms with Gasteiger partial charge in [-0.25, -0.2) is 0 Å². The van der Waals surface area contributed by atoms with Crippen LogP contribution in [-0.4, -0.2) is 23.1 Å². The number of nitrogens with zero attached hydrogens (tertiary/aromatic N) is 2. The molecule has 1 amide bonds. The first-order valence-electron chi connectivity index (χ1n) is 7.30. The van der Waals surface area contributed by atoms with E-state index in [4.69, 9.17) is 4.74 Å². The Labute approximate surface area is 133 Å². The van der Waals surface area contributed by atoms with Gasteiger partial charge in [0, 0.05) is 6.42 Å². The summed E-state index contributed by atoms with van der Waals surface area (Å²) in [5.74, 6) is -0.522. The number of ether oxygens (including phenoxy) is 1. The third kappa shape index (κ3) is 3.44. The van der Waals surface area contributed by atoms with Crippen LogP contribution < -0.4 is 4.80 Å². The maximum absolute atomic E-state index is 11.9. The van der Waals surface area contributed by atoms with Crippen LogP contribution in [0.4, 0.5) is 0 Å². The van der Waals surface area contributed by atoms with Gasteiger partial charge in [0.25, 0.3) is 0 Å². The first-order chi connectivity index (χ1) is 10.5. The van der Waals surface area contributed by atoms with E-state index in [1.807, 2.05) is 19.9 Å². The van der Waals surface area contributed by atoms with Crippen molar-refractivity contribution in [3.05, 3.63) is 28.1 Å². The van der Waals surface area contributed by atoms with Gasteiger partial charge >= 0.3 is 5.97 Å². The maximum Gasteiger partial charge on any atom is 0.326 e. The summed E-state index contributed by atoms with van der Waals surface area (Å²) in [5, 5.41) is 0. The Morgan fingerprint density at radius 2 is 2.00 bits per heavy atom. The molecule has 118 valence electrons. The molecule has 0 N–H and O–H groups in total. The van der Waals surface area contributed by atoms with Crippen LogP contribution in [0.1, 0.15) is 31.4 Å². The second-order valence-electron chi connectivity index (χ2n) is 5.06. The molecule has 0 aliphatic heterocycles. The lowest BCUT2D eigenvalue weighted by atomic mass is 10.1. The van der Waals surface area contributed by atoms with E-state index in [0.717, 1.165) is 21.3 Å². The van der Waals surface area contributed by atoms with Gasteiger partial charge in [-0.15, -0.1) is 0 Å². The summed E-state index contributed by atoms with van der Waals surface area (Å²) in [6.07, 6.45) is 0.339. The Balaban J connectivity index is 2.67. The molecule has 0 atom stereocenters. The van der Waals surface area contributed by atoms with Crippen LogP contribution in [0.25, 0.3) is 10.2 Å². The summed E-state index contributed by atoms with van der Waals surface area (Å²) in [7, 11) is 0. The molecule has 0 saturated heterocycles. The van der Waals surface area contributed by atoms with Crippen molar-refractivity contribution in [3.63, 3.8) is 0 Å². The molecule has 22 heavy (non-hydrogen) atoms. The zero-order valence-electron chi connectivity index (χ0n) is 13.3. The second kappa shape index (κ2) is 6.87. The molecular formula is C16H20N2O3S. The second-order valence-corrected chi connectivity index (χ2v) is 6.07. The molecule has 0 bridgehead atoms. The van der Waals surface area contributed by atoms with Gasteiger partial charge < -0.3 is 9.30 Å². The number of thiazole rings is 1. The van der Waals surface area contributed by atoms with E-state index in [2.05, 4.69) is 11.1 Å². The zero-order chi connectivity index (χ0) is 16.3. The minimum absolute atomic E-state index is 0.0631. The number of amides is 1. The van der Waals surface area contributed by atoms with Crippen LogP contribution in [0.3, 0.4) is 0 Å². The van der Waals surface area contributed by atoms with Crippen molar-refractivity contribution in [2.75, 3.05) is 6.61 Å². The van der Waals surface area contributed by atoms with Crippen LogP contribution in [0.15, 0.2) is 17.1 Å². The molecular weight excluding hydrogens is 300 g/mol. The highest BCUT2D eigenvalue weighted by Crippen LogP contribution is 2.23. The van der Waals surface area contributed by atoms with Gasteiger partial charge in [-0.2, -0.15) is 4.99 Å². The molecule has 5 nitrogen and oxygen atoms in total. The number of esters is 1. The van der Waals surface area contributed by atoms with Crippen molar-refractivity contribution in [1.29, 1.82) is 0 Å². The number of aryl methyl sites for hydroxylation is 2. The molecule has 0 spiro atoms. The fourth-order valence-corrected chi connectivity index (χ4v) is 3.57. The van der Waals surface area contributed by atoms with E-state index in [1.165, 1.54) is 11.3 Å². The first-order valence-corrected chi connectivity index (χ1v) is 8.11. The topological polar surface area (TPSA) is 60.7 Å². The van der Waals surface area contributed by atoms with Crippen LogP contribution in [0.5, 0.6) is 0 Å². The van der Waals surface area contributed by atoms with E-state index < -0.39 is 0 Å². The van der Waals surface area contributed by atoms with E-state index >= 15 is 0 Å². The van der Waals surface area contributed by atoms with Crippen molar-refractivity contribution in [2.45, 2.75) is 40.7 Å². The normalized spacial score (nSPS) is 11.9. The lowest BCUT2D eigenvalue weighted by Crippen LogP contribution is -2.23. The van der Waals surface area contributed by atoms with Gasteiger partial charge in [0.2, 0.25) is 5.91 Å². The fourth-order valence-electron chi connectivity index (χ4n) is 2.35. The summed E-state index contributed by atoms with van der Waals surface area (Å²) in [5.41, 5.74) is 3.13. The number of carbonyl (C=O) groups excluding carboxylic acids is 2. The highest BCUT2D eigenvalue weighted by molar-refractivity contribution is 7.16. The Morgan fingerprint density at radius 3 is 2.64 bits per heavy atom. The van der Waals surface area contributed by atoms with Crippen LogP contribution >= 0.6 is 11.3 Å². The summed E-state index contributed by atoms with van der Waals surface area (Å²) in [4.78, 5) is 28.2. The van der Waals surface area contributed by atoms with Gasteiger partial charge in [-0.3, -0.25) is 9.59 Å². The molecule has 0 unspecified atom stereocenters. The minimum atomic E-state index is -0.326. The van der Waals surface area contributed by atoms with Gasteiger partial charge in [0.15, 0.2) is 4.80 Å². The molecule has 0 fully saturated rings. The number of fused-ring (bicyclic) bond motifs is 1. The van der Waals surface area contributed by atoms with Crippen LogP contribution in [0.2, 0.25) is 0 Å². The largest absolute Gasteiger partial charge is 0.465 e. The number of carbonyl (C=O) groups is 2. The van der Waals surface area contributed by atoms with Gasteiger partial charge in [-0.05, 0) is 38.0 Å². The molecule has 1 heterocycles. The van der Waals surface area contributed by atoms with Crippen molar-refractivity contribution in [1.82, 2.24) is 4.57 Å². The Bertz CT molecular complexity index is 787. The highest BCUT2D eigenvalue weighted by atomic mass is 32.1. The summed E-state index contributed by atoms with van der Waals surface area (Å²) < 4.78 is 7.83. The number of hydrogen-bond acceptors (Lipinski definition) is 4. The van der Waals surface area contributed by atoms with Crippen molar-refractivity contribution in [2.24, 2.45) is 4.99 Å². The van der Waals surface area contributed by atoms with Crippen molar-refractivity contribution < 1.29 is 14.3 Å². The van der Waals surface area contributed by atoms with Crippen LogP contribution in [-0.2, 0) is 20.9 Å². The standard InChI is InChI=1S/C16H20N2O3S/c1-5-13(19)17-16-18(9-14(20)21-6-2)15-11(4)7-10(3)8-12(15)22-16/h7-8H,5-6,9H2,1-4H3. The Kier molecular flexibility index (Phi) is 5.13. The van der Waals surface area contributed by atoms with Gasteiger partial charge in [-0.1, -0.05) is 24.3 Å². The molecule has 0 aliphatic rings. The average molecular weight is 320 g/mol. The third-order valence-electron chi connectivity index (χ3n) is 3.23. The SMILES string of the molecule is CCOC(=O)Cn1c(=NC(=O)CC)sc2cc(C)cc(C)c21. The average Bonchev–Trinajstić information content (AvgIpc) is 2.76. The number of benzene rings is 1. The minimum Gasteiger partial charge on any atom is -0.465 e. The molecule has 1 aromatic heterocycles. The molecule has 0 aliphatic carbocycles. The van der Waals surface area contributed by atoms with Crippen molar-refractivity contribution in [3.8, 4) is 0 Å². The molecule has 6 heteroatoms. The summed E-state index contributed by atoms with van der Waals surface area (Å²) in [6, 6.07) is 4.10. The molecule has 0 radical (unpaired) electrons. The van der Waals surface area contributed by atoms with E-state index in [9.17, 15) is 9.59 Å². The van der Waals surface area contributed by atoms with E-state index in [0.29, 0.717) is 17.8 Å². The molecule has 2 aromatic rings. The number of hydrogen-bond donors (Lipinski definition) is 0. The van der Waals surface area contributed by atoms with Crippen molar-refractivity contribution >= 4 is 33.4 Å². The summed E-state index contributed by atoms with van der Waals surface area (Å²) in [6.45, 7) is 7.96. The predicted octanol–water partition coefficient (Wildman–Crippen LogP) is 2.72.